The monoisotopic (exact) mass is 352 g/mol. The van der Waals surface area contributed by atoms with Gasteiger partial charge in [0.15, 0.2) is 5.82 Å². The predicted molar refractivity (Wildman–Crippen MR) is 95.2 cm³/mol. The zero-order valence-corrected chi connectivity index (χ0v) is 16.2. The van der Waals surface area contributed by atoms with Crippen LogP contribution in [0.15, 0.2) is 4.52 Å². The van der Waals surface area contributed by atoms with Crippen LogP contribution in [-0.2, 0) is 11.2 Å². The van der Waals surface area contributed by atoms with E-state index in [2.05, 4.69) is 34.2 Å². The minimum atomic E-state index is -0.455. The molecule has 1 aromatic rings. The molecule has 1 aliphatic rings. The van der Waals surface area contributed by atoms with E-state index in [0.717, 1.165) is 44.6 Å². The number of carbonyl (C=O) groups excluding carboxylic acids is 1. The van der Waals surface area contributed by atoms with E-state index in [9.17, 15) is 4.79 Å². The zero-order chi connectivity index (χ0) is 18.4. The Hall–Kier alpha value is -1.63. The summed E-state index contributed by atoms with van der Waals surface area (Å²) >= 11 is 0. The Morgan fingerprint density at radius 1 is 1.40 bits per heavy atom. The minimum Gasteiger partial charge on any atom is -0.444 e. The van der Waals surface area contributed by atoms with Crippen molar-refractivity contribution in [3.8, 4) is 0 Å². The normalized spacial score (nSPS) is 18.1. The number of nitrogens with zero attached hydrogens (tertiary/aromatic N) is 3. The van der Waals surface area contributed by atoms with Gasteiger partial charge in [0.1, 0.15) is 5.60 Å². The fourth-order valence-corrected chi connectivity index (χ4v) is 3.00. The van der Waals surface area contributed by atoms with Gasteiger partial charge in [0.05, 0.1) is 6.04 Å². The summed E-state index contributed by atoms with van der Waals surface area (Å²) in [5, 5.41) is 6.92. The second-order valence-electron chi connectivity index (χ2n) is 7.84. The van der Waals surface area contributed by atoms with Crippen LogP contribution >= 0.6 is 0 Å². The number of piperidine rings is 1. The van der Waals surface area contributed by atoms with Crippen LogP contribution in [0.4, 0.5) is 4.79 Å². The molecule has 0 aromatic carbocycles. The largest absolute Gasteiger partial charge is 0.444 e. The van der Waals surface area contributed by atoms with E-state index in [1.165, 1.54) is 0 Å². The number of hydrogen-bond donors (Lipinski definition) is 1. The molecule has 1 unspecified atom stereocenters. The van der Waals surface area contributed by atoms with Crippen molar-refractivity contribution in [3.63, 3.8) is 0 Å². The van der Waals surface area contributed by atoms with Crippen LogP contribution in [0, 0.1) is 5.92 Å². The second-order valence-corrected chi connectivity index (χ2v) is 7.84. The maximum atomic E-state index is 11.7. The molecule has 0 saturated carbocycles. The van der Waals surface area contributed by atoms with E-state index in [-0.39, 0.29) is 12.1 Å². The van der Waals surface area contributed by atoms with Crippen LogP contribution in [0.2, 0.25) is 0 Å². The third-order valence-electron chi connectivity index (χ3n) is 4.45. The summed E-state index contributed by atoms with van der Waals surface area (Å²) in [5.74, 6) is 1.98. The van der Waals surface area contributed by atoms with Gasteiger partial charge in [0.25, 0.3) is 0 Å². The van der Waals surface area contributed by atoms with Crippen molar-refractivity contribution in [2.24, 2.45) is 5.92 Å². The van der Waals surface area contributed by atoms with Crippen molar-refractivity contribution in [2.45, 2.75) is 71.9 Å². The lowest BCUT2D eigenvalue weighted by molar-refractivity contribution is 0.0503. The number of alkyl carbamates (subject to hydrolysis) is 1. The van der Waals surface area contributed by atoms with E-state index < -0.39 is 5.60 Å². The first-order valence-electron chi connectivity index (χ1n) is 9.32. The first-order chi connectivity index (χ1) is 11.8. The SMILES string of the molecule is CCCc1noc(C(C)N2CCC(CNC(=O)OC(C)(C)C)CC2)n1. The lowest BCUT2D eigenvalue weighted by atomic mass is 9.96. The zero-order valence-electron chi connectivity index (χ0n) is 16.2. The molecule has 7 heteroatoms. The van der Waals surface area contributed by atoms with Gasteiger partial charge < -0.3 is 14.6 Å². The van der Waals surface area contributed by atoms with Gasteiger partial charge in [-0.3, -0.25) is 4.90 Å². The molecule has 0 radical (unpaired) electrons. The van der Waals surface area contributed by atoms with Gasteiger partial charge >= 0.3 is 6.09 Å². The van der Waals surface area contributed by atoms with Crippen molar-refractivity contribution < 1.29 is 14.1 Å². The Morgan fingerprint density at radius 3 is 2.68 bits per heavy atom. The Morgan fingerprint density at radius 2 is 2.08 bits per heavy atom. The van der Waals surface area contributed by atoms with Crippen LogP contribution in [0.3, 0.4) is 0 Å². The van der Waals surface area contributed by atoms with Gasteiger partial charge in [0, 0.05) is 13.0 Å². The van der Waals surface area contributed by atoms with Crippen molar-refractivity contribution in [2.75, 3.05) is 19.6 Å². The molecular formula is C18H32N4O3. The van der Waals surface area contributed by atoms with Crippen molar-refractivity contribution in [1.29, 1.82) is 0 Å². The number of aryl methyl sites for hydroxylation is 1. The minimum absolute atomic E-state index is 0.137. The third kappa shape index (κ3) is 6.30. The van der Waals surface area contributed by atoms with E-state index >= 15 is 0 Å². The van der Waals surface area contributed by atoms with E-state index in [4.69, 9.17) is 9.26 Å². The van der Waals surface area contributed by atoms with Crippen molar-refractivity contribution in [1.82, 2.24) is 20.4 Å². The smallest absolute Gasteiger partial charge is 0.407 e. The first kappa shape index (κ1) is 19.7. The highest BCUT2D eigenvalue weighted by atomic mass is 16.6. The van der Waals surface area contributed by atoms with E-state index in [1.807, 2.05) is 20.8 Å². The number of likely N-dealkylation sites (tertiary alicyclic amines) is 1. The molecule has 1 fully saturated rings. The number of carbonyl (C=O) groups is 1. The highest BCUT2D eigenvalue weighted by Gasteiger charge is 2.27. The molecule has 142 valence electrons. The molecule has 0 bridgehead atoms. The van der Waals surface area contributed by atoms with Crippen LogP contribution in [0.25, 0.3) is 0 Å². The molecule has 1 amide bonds. The maximum absolute atomic E-state index is 11.7. The molecule has 1 N–H and O–H groups in total. The lowest BCUT2D eigenvalue weighted by Gasteiger charge is -2.34. The quantitative estimate of drug-likeness (QED) is 0.846. The molecule has 1 saturated heterocycles. The summed E-state index contributed by atoms with van der Waals surface area (Å²) in [6.07, 6.45) is 3.61. The van der Waals surface area contributed by atoms with Crippen molar-refractivity contribution >= 4 is 6.09 Å². The topological polar surface area (TPSA) is 80.5 Å². The molecule has 0 aliphatic carbocycles. The Kier molecular flexibility index (Phi) is 6.81. The number of amides is 1. The summed E-state index contributed by atoms with van der Waals surface area (Å²) in [6, 6.07) is 0.137. The standard InChI is InChI=1S/C18H32N4O3/c1-6-7-15-20-16(25-21-15)13(2)22-10-8-14(9-11-22)12-19-17(23)24-18(3,4)5/h13-14H,6-12H2,1-5H3,(H,19,23). The number of aromatic nitrogens is 2. The van der Waals surface area contributed by atoms with Gasteiger partial charge in [-0.15, -0.1) is 0 Å². The fraction of sp³-hybridized carbons (Fsp3) is 0.833. The molecule has 2 rings (SSSR count). The summed E-state index contributed by atoms with van der Waals surface area (Å²) in [6.45, 7) is 12.4. The average Bonchev–Trinajstić information content (AvgIpc) is 3.00. The molecule has 25 heavy (non-hydrogen) atoms. The highest BCUT2D eigenvalue weighted by molar-refractivity contribution is 5.67. The molecule has 1 atom stereocenters. The Labute approximate surface area is 150 Å². The maximum Gasteiger partial charge on any atom is 0.407 e. The van der Waals surface area contributed by atoms with E-state index in [1.54, 1.807) is 0 Å². The van der Waals surface area contributed by atoms with Crippen LogP contribution in [0.5, 0.6) is 0 Å². The molecule has 1 aromatic heterocycles. The third-order valence-corrected chi connectivity index (χ3v) is 4.45. The van der Waals surface area contributed by atoms with E-state index in [0.29, 0.717) is 18.4 Å². The summed E-state index contributed by atoms with van der Waals surface area (Å²) in [7, 11) is 0. The Balaban J connectivity index is 1.74. The van der Waals surface area contributed by atoms with Crippen LogP contribution < -0.4 is 5.32 Å². The van der Waals surface area contributed by atoms with Crippen LogP contribution in [0.1, 0.15) is 71.6 Å². The Bertz CT molecular complexity index is 545. The number of nitrogens with one attached hydrogen (secondary N) is 1. The predicted octanol–water partition coefficient (Wildman–Crippen LogP) is 3.32. The molecule has 2 heterocycles. The summed E-state index contributed by atoms with van der Waals surface area (Å²) in [4.78, 5) is 18.6. The number of hydrogen-bond acceptors (Lipinski definition) is 6. The lowest BCUT2D eigenvalue weighted by Crippen LogP contribution is -2.41. The fourth-order valence-electron chi connectivity index (χ4n) is 3.00. The molecule has 0 spiro atoms. The molecule has 7 nitrogen and oxygen atoms in total. The van der Waals surface area contributed by atoms with Gasteiger partial charge in [-0.25, -0.2) is 4.79 Å². The van der Waals surface area contributed by atoms with Gasteiger partial charge in [-0.2, -0.15) is 4.98 Å². The molecule has 1 aliphatic heterocycles. The molecular weight excluding hydrogens is 320 g/mol. The summed E-state index contributed by atoms with van der Waals surface area (Å²) in [5.41, 5.74) is -0.455. The van der Waals surface area contributed by atoms with Gasteiger partial charge in [-0.05, 0) is 66.0 Å². The van der Waals surface area contributed by atoms with Crippen LogP contribution in [-0.4, -0.2) is 46.4 Å². The first-order valence-corrected chi connectivity index (χ1v) is 9.32. The van der Waals surface area contributed by atoms with Gasteiger partial charge in [0.2, 0.25) is 5.89 Å². The van der Waals surface area contributed by atoms with Crippen molar-refractivity contribution in [3.05, 3.63) is 11.7 Å². The number of ether oxygens (including phenoxy) is 1. The highest BCUT2D eigenvalue weighted by Crippen LogP contribution is 2.25. The summed E-state index contributed by atoms with van der Waals surface area (Å²) < 4.78 is 10.7. The number of rotatable bonds is 6. The average molecular weight is 352 g/mol. The second kappa shape index (κ2) is 8.65. The van der Waals surface area contributed by atoms with Gasteiger partial charge in [-0.1, -0.05) is 12.1 Å².